The quantitative estimate of drug-likeness (QED) is 0.516. The molecule has 0 aliphatic rings. The van der Waals surface area contributed by atoms with Crippen LogP contribution >= 0.6 is 15.9 Å². The Labute approximate surface area is 110 Å². The van der Waals surface area contributed by atoms with Crippen LogP contribution in [0.1, 0.15) is 12.5 Å². The lowest BCUT2D eigenvalue weighted by Crippen LogP contribution is -2.14. The minimum Gasteiger partial charge on any atom is -0.466 e. The van der Waals surface area contributed by atoms with Gasteiger partial charge in [-0.05, 0) is 18.6 Å². The zero-order chi connectivity index (χ0) is 12.7. The molecule has 0 saturated heterocycles. The second-order valence-corrected chi connectivity index (χ2v) is 4.46. The van der Waals surface area contributed by atoms with Gasteiger partial charge in [-0.1, -0.05) is 40.2 Å². The van der Waals surface area contributed by atoms with Crippen molar-refractivity contribution < 1.29 is 9.53 Å². The number of esters is 1. The van der Waals surface area contributed by atoms with Crippen molar-refractivity contribution in [2.45, 2.75) is 13.5 Å². The summed E-state index contributed by atoms with van der Waals surface area (Å²) in [6.45, 7) is 3.14. The van der Waals surface area contributed by atoms with E-state index < -0.39 is 0 Å². The first-order valence-corrected chi connectivity index (χ1v) is 6.13. The molecule has 0 aliphatic heterocycles. The highest BCUT2D eigenvalue weighted by Gasteiger charge is 2.01. The molecule has 0 aliphatic carbocycles. The molecule has 0 unspecified atom stereocenters. The van der Waals surface area contributed by atoms with E-state index in [-0.39, 0.29) is 5.97 Å². The highest BCUT2D eigenvalue weighted by Crippen LogP contribution is 2.15. The third-order valence-electron chi connectivity index (χ3n) is 2.33. The zero-order valence-corrected chi connectivity index (χ0v) is 11.6. The molecule has 1 aromatic carbocycles. The van der Waals surface area contributed by atoms with Gasteiger partial charge in [0, 0.05) is 23.1 Å². The van der Waals surface area contributed by atoms with Gasteiger partial charge in [-0.25, -0.2) is 4.79 Å². The second-order valence-electron chi connectivity index (χ2n) is 3.60. The van der Waals surface area contributed by atoms with Gasteiger partial charge in [0.25, 0.3) is 0 Å². The highest BCUT2D eigenvalue weighted by atomic mass is 79.9. The number of nitrogens with one attached hydrogen (secondary N) is 1. The molecule has 4 heteroatoms. The maximum atomic E-state index is 11.1. The number of hydrogen-bond donors (Lipinski definition) is 1. The molecule has 0 saturated carbocycles. The van der Waals surface area contributed by atoms with Crippen molar-refractivity contribution in [1.29, 1.82) is 0 Å². The summed E-state index contributed by atoms with van der Waals surface area (Å²) < 4.78 is 5.69. The maximum absolute atomic E-state index is 11.1. The number of hydrogen-bond acceptors (Lipinski definition) is 3. The number of carbonyl (C=O) groups is 1. The van der Waals surface area contributed by atoms with Gasteiger partial charge < -0.3 is 10.1 Å². The number of rotatable bonds is 5. The molecule has 0 spiro atoms. The maximum Gasteiger partial charge on any atom is 0.333 e. The fourth-order valence-corrected chi connectivity index (χ4v) is 1.74. The molecular formula is C13H16BrNO2. The summed E-state index contributed by atoms with van der Waals surface area (Å²) in [6.07, 6.45) is 1.82. The number of halogens is 1. The molecule has 1 aromatic rings. The van der Waals surface area contributed by atoms with Gasteiger partial charge in [0.05, 0.1) is 7.11 Å². The first-order valence-electron chi connectivity index (χ1n) is 5.34. The summed E-state index contributed by atoms with van der Waals surface area (Å²) >= 11 is 3.48. The Kier molecular flexibility index (Phi) is 5.94. The van der Waals surface area contributed by atoms with Crippen LogP contribution in [0.4, 0.5) is 0 Å². The van der Waals surface area contributed by atoms with Crippen LogP contribution in [0.2, 0.25) is 0 Å². The van der Waals surface area contributed by atoms with Crippen LogP contribution in [0, 0.1) is 0 Å². The lowest BCUT2D eigenvalue weighted by Gasteiger charge is -2.05. The lowest BCUT2D eigenvalue weighted by molar-refractivity contribution is -0.136. The van der Waals surface area contributed by atoms with E-state index in [2.05, 4.69) is 26.0 Å². The minimum atomic E-state index is -0.285. The van der Waals surface area contributed by atoms with Gasteiger partial charge in [0.15, 0.2) is 0 Å². The molecule has 17 heavy (non-hydrogen) atoms. The molecule has 1 N–H and O–H groups in total. The molecule has 0 heterocycles. The third-order valence-corrected chi connectivity index (χ3v) is 3.11. The van der Waals surface area contributed by atoms with Gasteiger partial charge in [-0.2, -0.15) is 0 Å². The van der Waals surface area contributed by atoms with E-state index in [0.717, 1.165) is 11.0 Å². The Hall–Kier alpha value is -1.13. The van der Waals surface area contributed by atoms with E-state index in [9.17, 15) is 4.79 Å². The van der Waals surface area contributed by atoms with Crippen molar-refractivity contribution in [3.63, 3.8) is 0 Å². The third kappa shape index (κ3) is 4.71. The van der Waals surface area contributed by atoms with Gasteiger partial charge in [-0.15, -0.1) is 0 Å². The van der Waals surface area contributed by atoms with Crippen molar-refractivity contribution in [1.82, 2.24) is 5.32 Å². The molecule has 0 bridgehead atoms. The molecule has 92 valence electrons. The average molecular weight is 298 g/mol. The largest absolute Gasteiger partial charge is 0.466 e. The Morgan fingerprint density at radius 2 is 2.18 bits per heavy atom. The second kappa shape index (κ2) is 7.25. The van der Waals surface area contributed by atoms with Gasteiger partial charge >= 0.3 is 5.97 Å². The van der Waals surface area contributed by atoms with Crippen LogP contribution in [0.25, 0.3) is 0 Å². The van der Waals surface area contributed by atoms with E-state index >= 15 is 0 Å². The summed E-state index contributed by atoms with van der Waals surface area (Å²) in [7, 11) is 1.38. The predicted octanol–water partition coefficient (Wildman–Crippen LogP) is 2.66. The number of carbonyl (C=O) groups excluding carboxylic acids is 1. The highest BCUT2D eigenvalue weighted by molar-refractivity contribution is 9.10. The van der Waals surface area contributed by atoms with Crippen molar-refractivity contribution in [3.05, 3.63) is 46.0 Å². The van der Waals surface area contributed by atoms with Gasteiger partial charge in [0.2, 0.25) is 0 Å². The van der Waals surface area contributed by atoms with Crippen LogP contribution in [0.3, 0.4) is 0 Å². The van der Waals surface area contributed by atoms with Crippen LogP contribution in [0.15, 0.2) is 40.4 Å². The Morgan fingerprint density at radius 3 is 2.82 bits per heavy atom. The molecule has 1 rings (SSSR count). The molecule has 3 nitrogen and oxygen atoms in total. The minimum absolute atomic E-state index is 0.285. The van der Waals surface area contributed by atoms with Gasteiger partial charge in [-0.3, -0.25) is 0 Å². The Morgan fingerprint density at radius 1 is 1.47 bits per heavy atom. The summed E-state index contributed by atoms with van der Waals surface area (Å²) in [4.78, 5) is 11.1. The Balaban J connectivity index is 2.39. The van der Waals surface area contributed by atoms with Gasteiger partial charge in [0.1, 0.15) is 0 Å². The normalized spacial score (nSPS) is 11.4. The molecule has 0 amide bonds. The van der Waals surface area contributed by atoms with Crippen molar-refractivity contribution in [2.24, 2.45) is 0 Å². The first kappa shape index (κ1) is 13.9. The predicted molar refractivity (Wildman–Crippen MR) is 71.6 cm³/mol. The average Bonchev–Trinajstić information content (AvgIpc) is 2.35. The van der Waals surface area contributed by atoms with Crippen LogP contribution < -0.4 is 5.32 Å². The van der Waals surface area contributed by atoms with Crippen LogP contribution in [-0.2, 0) is 16.1 Å². The summed E-state index contributed by atoms with van der Waals surface area (Å²) in [5, 5.41) is 3.24. The number of methoxy groups -OCH3 is 1. The van der Waals surface area contributed by atoms with Crippen LogP contribution in [0.5, 0.6) is 0 Å². The van der Waals surface area contributed by atoms with Crippen molar-refractivity contribution >= 4 is 21.9 Å². The zero-order valence-electron chi connectivity index (χ0n) is 10.00. The van der Waals surface area contributed by atoms with E-state index in [4.69, 9.17) is 0 Å². The summed E-state index contributed by atoms with van der Waals surface area (Å²) in [5.41, 5.74) is 1.81. The standard InChI is InChI=1S/C13H16BrNO2/c1-10(13(16)17-2)7-8-15-9-11-5-3-4-6-12(11)14/h3-7,15H,8-9H2,1-2H3/b10-7+. The smallest absolute Gasteiger partial charge is 0.333 e. The molecule has 0 aromatic heterocycles. The molecule has 0 fully saturated rings. The fourth-order valence-electron chi connectivity index (χ4n) is 1.32. The van der Waals surface area contributed by atoms with Crippen molar-refractivity contribution in [3.8, 4) is 0 Å². The van der Waals surface area contributed by atoms with Crippen molar-refractivity contribution in [2.75, 3.05) is 13.7 Å². The summed E-state index contributed by atoms with van der Waals surface area (Å²) in [6, 6.07) is 8.03. The lowest BCUT2D eigenvalue weighted by atomic mass is 10.2. The van der Waals surface area contributed by atoms with E-state index in [1.807, 2.05) is 30.3 Å². The SMILES string of the molecule is COC(=O)/C(C)=C/CNCc1ccccc1Br. The topological polar surface area (TPSA) is 38.3 Å². The summed E-state index contributed by atoms with van der Waals surface area (Å²) in [5.74, 6) is -0.285. The number of benzene rings is 1. The molecule has 0 radical (unpaired) electrons. The van der Waals surface area contributed by atoms with Crippen LogP contribution in [-0.4, -0.2) is 19.6 Å². The van der Waals surface area contributed by atoms with E-state index in [1.54, 1.807) is 6.92 Å². The van der Waals surface area contributed by atoms with E-state index in [0.29, 0.717) is 12.1 Å². The fraction of sp³-hybridized carbons (Fsp3) is 0.308. The first-order chi connectivity index (χ1) is 8.15. The molecule has 0 atom stereocenters. The Bertz CT molecular complexity index is 416. The monoisotopic (exact) mass is 297 g/mol. The molecular weight excluding hydrogens is 282 g/mol. The van der Waals surface area contributed by atoms with E-state index in [1.165, 1.54) is 12.7 Å². The number of ether oxygens (including phenoxy) is 1.